The lowest BCUT2D eigenvalue weighted by Gasteiger charge is -2.26. The third-order valence-electron chi connectivity index (χ3n) is 4.23. The van der Waals surface area contributed by atoms with E-state index in [1.165, 1.54) is 5.56 Å². The quantitative estimate of drug-likeness (QED) is 0.612. The summed E-state index contributed by atoms with van der Waals surface area (Å²) in [6.07, 6.45) is 9.19. The van der Waals surface area contributed by atoms with Crippen LogP contribution in [-0.4, -0.2) is 6.61 Å². The SMILES string of the molecule is CCCCOc1ccc([C@H]2CC[C@H](C=CF)CC2)cc1. The molecule has 1 fully saturated rings. The van der Waals surface area contributed by atoms with Crippen LogP contribution in [0, 0.1) is 5.92 Å². The van der Waals surface area contributed by atoms with E-state index in [0.29, 0.717) is 18.2 Å². The summed E-state index contributed by atoms with van der Waals surface area (Å²) in [6, 6.07) is 8.55. The van der Waals surface area contributed by atoms with Crippen molar-refractivity contribution in [3.63, 3.8) is 0 Å². The summed E-state index contributed by atoms with van der Waals surface area (Å²) in [6.45, 7) is 2.97. The Morgan fingerprint density at radius 1 is 1.15 bits per heavy atom. The van der Waals surface area contributed by atoms with E-state index < -0.39 is 0 Å². The Labute approximate surface area is 121 Å². The highest BCUT2D eigenvalue weighted by Gasteiger charge is 2.20. The molecule has 2 heteroatoms. The number of hydrogen-bond donors (Lipinski definition) is 0. The Hall–Kier alpha value is -1.31. The molecule has 0 atom stereocenters. The predicted molar refractivity (Wildman–Crippen MR) is 81.8 cm³/mol. The van der Waals surface area contributed by atoms with Gasteiger partial charge in [-0.15, -0.1) is 0 Å². The van der Waals surface area contributed by atoms with Gasteiger partial charge in [0.2, 0.25) is 0 Å². The standard InChI is InChI=1S/C18H25FO/c1-2-3-14-20-18-10-8-17(9-11-18)16-6-4-15(5-7-16)12-13-19/h8-13,15-16H,2-7,14H2,1H3/t15-,16-. The van der Waals surface area contributed by atoms with E-state index in [0.717, 1.165) is 50.9 Å². The molecule has 0 bridgehead atoms. The van der Waals surface area contributed by atoms with Crippen LogP contribution in [0.25, 0.3) is 0 Å². The first-order chi connectivity index (χ1) is 9.83. The van der Waals surface area contributed by atoms with Crippen LogP contribution >= 0.6 is 0 Å². The van der Waals surface area contributed by atoms with Gasteiger partial charge in [0, 0.05) is 0 Å². The molecule has 1 aromatic rings. The summed E-state index contributed by atoms with van der Waals surface area (Å²) >= 11 is 0. The Balaban J connectivity index is 1.84. The number of ether oxygens (including phenoxy) is 1. The number of hydrogen-bond acceptors (Lipinski definition) is 1. The van der Waals surface area contributed by atoms with E-state index in [9.17, 15) is 4.39 Å². The van der Waals surface area contributed by atoms with Gasteiger partial charge in [0.05, 0.1) is 12.9 Å². The van der Waals surface area contributed by atoms with Gasteiger partial charge in [0.25, 0.3) is 0 Å². The van der Waals surface area contributed by atoms with Gasteiger partial charge >= 0.3 is 0 Å². The number of rotatable bonds is 6. The molecule has 0 unspecified atom stereocenters. The summed E-state index contributed by atoms with van der Waals surface area (Å²) in [5.74, 6) is 2.04. The lowest BCUT2D eigenvalue weighted by molar-refractivity contribution is 0.309. The summed E-state index contributed by atoms with van der Waals surface area (Å²) < 4.78 is 17.9. The van der Waals surface area contributed by atoms with Gasteiger partial charge in [-0.05, 0) is 61.6 Å². The molecule has 0 spiro atoms. The second-order valence-corrected chi connectivity index (χ2v) is 5.70. The molecule has 1 aromatic carbocycles. The first kappa shape index (κ1) is 15.1. The van der Waals surface area contributed by atoms with Gasteiger partial charge in [-0.25, -0.2) is 4.39 Å². The highest BCUT2D eigenvalue weighted by Crippen LogP contribution is 2.36. The maximum Gasteiger partial charge on any atom is 0.119 e. The third kappa shape index (κ3) is 4.36. The van der Waals surface area contributed by atoms with E-state index in [2.05, 4.69) is 31.2 Å². The Morgan fingerprint density at radius 3 is 2.45 bits per heavy atom. The van der Waals surface area contributed by atoms with E-state index in [1.807, 2.05) is 0 Å². The second-order valence-electron chi connectivity index (χ2n) is 5.70. The van der Waals surface area contributed by atoms with E-state index in [1.54, 1.807) is 6.08 Å². The maximum absolute atomic E-state index is 12.2. The van der Waals surface area contributed by atoms with Crippen LogP contribution in [0.3, 0.4) is 0 Å². The highest BCUT2D eigenvalue weighted by molar-refractivity contribution is 5.29. The lowest BCUT2D eigenvalue weighted by atomic mass is 9.79. The van der Waals surface area contributed by atoms with Crippen LogP contribution in [0.2, 0.25) is 0 Å². The first-order valence-corrected chi connectivity index (χ1v) is 7.83. The van der Waals surface area contributed by atoms with Crippen LogP contribution < -0.4 is 4.74 Å². The fraction of sp³-hybridized carbons (Fsp3) is 0.556. The summed E-state index contributed by atoms with van der Waals surface area (Å²) in [4.78, 5) is 0. The minimum atomic E-state index is 0.438. The Bertz CT molecular complexity index is 402. The Kier molecular flexibility index (Phi) is 6.10. The molecular formula is C18H25FO. The van der Waals surface area contributed by atoms with Gasteiger partial charge in [0.1, 0.15) is 5.75 Å². The number of allylic oxidation sites excluding steroid dienone is 1. The van der Waals surface area contributed by atoms with Crippen LogP contribution in [0.15, 0.2) is 36.7 Å². The first-order valence-electron chi connectivity index (χ1n) is 7.83. The zero-order chi connectivity index (χ0) is 14.2. The number of unbranched alkanes of at least 4 members (excludes halogenated alkanes) is 1. The fourth-order valence-electron chi connectivity index (χ4n) is 2.92. The van der Waals surface area contributed by atoms with E-state index in [4.69, 9.17) is 4.74 Å². The summed E-state index contributed by atoms with van der Waals surface area (Å²) in [5.41, 5.74) is 1.40. The van der Waals surface area contributed by atoms with Crippen molar-refractivity contribution in [2.24, 2.45) is 5.92 Å². The summed E-state index contributed by atoms with van der Waals surface area (Å²) in [5, 5.41) is 0. The van der Waals surface area contributed by atoms with Crippen molar-refractivity contribution in [3.05, 3.63) is 42.2 Å². The smallest absolute Gasteiger partial charge is 0.119 e. The molecule has 1 nitrogen and oxygen atoms in total. The Morgan fingerprint density at radius 2 is 1.85 bits per heavy atom. The minimum Gasteiger partial charge on any atom is -0.494 e. The van der Waals surface area contributed by atoms with Gasteiger partial charge in [0.15, 0.2) is 0 Å². The molecule has 1 saturated carbocycles. The van der Waals surface area contributed by atoms with Crippen molar-refractivity contribution >= 4 is 0 Å². The van der Waals surface area contributed by atoms with Gasteiger partial charge < -0.3 is 4.74 Å². The van der Waals surface area contributed by atoms with Crippen LogP contribution in [0.5, 0.6) is 5.75 Å². The normalized spacial score (nSPS) is 23.1. The number of halogens is 1. The van der Waals surface area contributed by atoms with Crippen LogP contribution in [0.4, 0.5) is 4.39 Å². The van der Waals surface area contributed by atoms with Crippen molar-refractivity contribution in [3.8, 4) is 5.75 Å². The van der Waals surface area contributed by atoms with Crippen molar-refractivity contribution in [1.82, 2.24) is 0 Å². The van der Waals surface area contributed by atoms with E-state index >= 15 is 0 Å². The molecule has 0 aromatic heterocycles. The zero-order valence-corrected chi connectivity index (χ0v) is 12.4. The van der Waals surface area contributed by atoms with Crippen molar-refractivity contribution in [2.75, 3.05) is 6.61 Å². The molecule has 1 aliphatic rings. The zero-order valence-electron chi connectivity index (χ0n) is 12.4. The minimum absolute atomic E-state index is 0.438. The predicted octanol–water partition coefficient (Wildman–Crippen LogP) is 5.62. The maximum atomic E-state index is 12.2. The molecule has 0 saturated heterocycles. The van der Waals surface area contributed by atoms with Crippen LogP contribution in [-0.2, 0) is 0 Å². The van der Waals surface area contributed by atoms with Gasteiger partial charge in [-0.1, -0.05) is 31.6 Å². The molecule has 20 heavy (non-hydrogen) atoms. The van der Waals surface area contributed by atoms with Gasteiger partial charge in [-0.3, -0.25) is 0 Å². The molecule has 0 radical (unpaired) electrons. The monoisotopic (exact) mass is 276 g/mol. The lowest BCUT2D eigenvalue weighted by Crippen LogP contribution is -2.11. The third-order valence-corrected chi connectivity index (χ3v) is 4.23. The fourth-order valence-corrected chi connectivity index (χ4v) is 2.92. The molecule has 0 amide bonds. The van der Waals surface area contributed by atoms with Gasteiger partial charge in [-0.2, -0.15) is 0 Å². The molecule has 110 valence electrons. The van der Waals surface area contributed by atoms with Crippen molar-refractivity contribution in [2.45, 2.75) is 51.4 Å². The average Bonchev–Trinajstić information content (AvgIpc) is 2.49. The molecule has 0 N–H and O–H groups in total. The van der Waals surface area contributed by atoms with Crippen molar-refractivity contribution < 1.29 is 9.13 Å². The topological polar surface area (TPSA) is 9.23 Å². The molecule has 0 heterocycles. The van der Waals surface area contributed by atoms with E-state index in [-0.39, 0.29) is 0 Å². The molecular weight excluding hydrogens is 251 g/mol. The molecule has 2 rings (SSSR count). The highest BCUT2D eigenvalue weighted by atomic mass is 19.1. The second kappa shape index (κ2) is 8.08. The molecule has 1 aliphatic carbocycles. The average molecular weight is 276 g/mol. The van der Waals surface area contributed by atoms with Crippen LogP contribution in [0.1, 0.15) is 56.9 Å². The molecule has 0 aliphatic heterocycles. The number of benzene rings is 1. The largest absolute Gasteiger partial charge is 0.494 e. The summed E-state index contributed by atoms with van der Waals surface area (Å²) in [7, 11) is 0. The van der Waals surface area contributed by atoms with Crippen molar-refractivity contribution in [1.29, 1.82) is 0 Å².